The summed E-state index contributed by atoms with van der Waals surface area (Å²) in [4.78, 5) is 11.9. The molecule has 5 nitrogen and oxygen atoms in total. The molecule has 7 heteroatoms. The number of hydrogen-bond acceptors (Lipinski definition) is 3. The molecule has 1 rings (SSSR count). The summed E-state index contributed by atoms with van der Waals surface area (Å²) in [6.45, 7) is 3.03. The van der Waals surface area contributed by atoms with Crippen LogP contribution < -0.4 is 5.32 Å². The molecule has 0 aliphatic rings. The third-order valence-electron chi connectivity index (χ3n) is 2.98. The number of amides is 1. The van der Waals surface area contributed by atoms with Crippen LogP contribution in [0.15, 0.2) is 24.3 Å². The molecule has 0 aliphatic carbocycles. The Balaban J connectivity index is 2.50. The quantitative estimate of drug-likeness (QED) is 0.793. The van der Waals surface area contributed by atoms with Gasteiger partial charge in [-0.2, -0.15) is 0 Å². The molecule has 21 heavy (non-hydrogen) atoms. The van der Waals surface area contributed by atoms with Crippen LogP contribution in [0.1, 0.15) is 30.1 Å². The number of nitrogens with one attached hydrogen (secondary N) is 1. The third kappa shape index (κ3) is 6.46. The van der Waals surface area contributed by atoms with E-state index in [0.29, 0.717) is 17.1 Å². The van der Waals surface area contributed by atoms with Crippen molar-refractivity contribution in [3.8, 4) is 0 Å². The highest BCUT2D eigenvalue weighted by Crippen LogP contribution is 2.09. The Morgan fingerprint density at radius 1 is 1.24 bits per heavy atom. The molecule has 0 aliphatic heterocycles. The molecule has 0 fully saturated rings. The maximum absolute atomic E-state index is 11.9. The van der Waals surface area contributed by atoms with Crippen LogP contribution in [0.5, 0.6) is 0 Å². The Bertz CT molecular complexity index is 558. The summed E-state index contributed by atoms with van der Waals surface area (Å²) < 4.78 is 24.6. The lowest BCUT2D eigenvalue weighted by molar-refractivity contribution is 0.0951. The van der Waals surface area contributed by atoms with E-state index < -0.39 is 10.0 Å². The van der Waals surface area contributed by atoms with E-state index in [0.717, 1.165) is 12.8 Å². The van der Waals surface area contributed by atoms with Crippen molar-refractivity contribution in [3.05, 3.63) is 34.9 Å². The van der Waals surface area contributed by atoms with E-state index >= 15 is 0 Å². The van der Waals surface area contributed by atoms with Gasteiger partial charge in [-0.3, -0.25) is 4.79 Å². The molecule has 1 aromatic carbocycles. The predicted octanol–water partition coefficient (Wildman–Crippen LogP) is 2.13. The zero-order valence-corrected chi connectivity index (χ0v) is 13.9. The van der Waals surface area contributed by atoms with Gasteiger partial charge in [-0.25, -0.2) is 12.7 Å². The van der Waals surface area contributed by atoms with Crippen molar-refractivity contribution in [2.24, 2.45) is 0 Å². The molecule has 0 aromatic heterocycles. The summed E-state index contributed by atoms with van der Waals surface area (Å²) in [5.41, 5.74) is 0.499. The van der Waals surface area contributed by atoms with Gasteiger partial charge in [0.15, 0.2) is 0 Å². The van der Waals surface area contributed by atoms with Gasteiger partial charge in [0.25, 0.3) is 5.91 Å². The van der Waals surface area contributed by atoms with E-state index in [1.54, 1.807) is 24.3 Å². The Hall–Kier alpha value is -1.11. The van der Waals surface area contributed by atoms with Gasteiger partial charge >= 0.3 is 0 Å². The first-order chi connectivity index (χ1) is 9.84. The van der Waals surface area contributed by atoms with Gasteiger partial charge in [0.05, 0.1) is 6.26 Å². The van der Waals surface area contributed by atoms with Gasteiger partial charge in [-0.15, -0.1) is 0 Å². The highest BCUT2D eigenvalue weighted by molar-refractivity contribution is 7.88. The molecule has 0 spiro atoms. The second kappa shape index (κ2) is 8.36. The maximum Gasteiger partial charge on any atom is 0.251 e. The summed E-state index contributed by atoms with van der Waals surface area (Å²) in [5, 5.41) is 3.27. The van der Waals surface area contributed by atoms with Crippen LogP contribution in [0, 0.1) is 0 Å². The third-order valence-corrected chi connectivity index (χ3v) is 4.54. The largest absolute Gasteiger partial charge is 0.351 e. The van der Waals surface area contributed by atoms with Crippen LogP contribution >= 0.6 is 11.6 Å². The molecule has 0 heterocycles. The number of unbranched alkanes of at least 4 members (excludes halogenated alkanes) is 1. The van der Waals surface area contributed by atoms with Gasteiger partial charge in [0.2, 0.25) is 10.0 Å². The lowest BCUT2D eigenvalue weighted by Crippen LogP contribution is -2.38. The van der Waals surface area contributed by atoms with Crippen molar-refractivity contribution in [2.45, 2.75) is 19.8 Å². The van der Waals surface area contributed by atoms with E-state index in [2.05, 4.69) is 5.32 Å². The summed E-state index contributed by atoms with van der Waals surface area (Å²) in [6.07, 6.45) is 2.91. The molecule has 1 amide bonds. The zero-order chi connectivity index (χ0) is 15.9. The number of carbonyl (C=O) groups is 1. The van der Waals surface area contributed by atoms with Crippen molar-refractivity contribution < 1.29 is 13.2 Å². The lowest BCUT2D eigenvalue weighted by Gasteiger charge is -2.19. The minimum atomic E-state index is -3.24. The molecule has 0 bridgehead atoms. The standard InChI is InChI=1S/C14H21ClN2O3S/c1-3-4-10-17(21(2,19)20)11-9-16-14(18)12-5-7-13(15)8-6-12/h5-8H,3-4,9-11H2,1-2H3,(H,16,18). The smallest absolute Gasteiger partial charge is 0.251 e. The first kappa shape index (κ1) is 17.9. The van der Waals surface area contributed by atoms with E-state index in [1.165, 1.54) is 10.6 Å². The van der Waals surface area contributed by atoms with E-state index in [9.17, 15) is 13.2 Å². The molecule has 0 saturated heterocycles. The monoisotopic (exact) mass is 332 g/mol. The molecule has 0 saturated carbocycles. The fourth-order valence-corrected chi connectivity index (χ4v) is 2.79. The zero-order valence-electron chi connectivity index (χ0n) is 12.3. The highest BCUT2D eigenvalue weighted by Gasteiger charge is 2.15. The second-order valence-corrected chi connectivity index (χ2v) is 7.20. The van der Waals surface area contributed by atoms with Crippen molar-refractivity contribution in [1.82, 2.24) is 9.62 Å². The SMILES string of the molecule is CCCCN(CCNC(=O)c1ccc(Cl)cc1)S(C)(=O)=O. The van der Waals surface area contributed by atoms with E-state index in [4.69, 9.17) is 11.6 Å². The lowest BCUT2D eigenvalue weighted by atomic mass is 10.2. The molecule has 0 radical (unpaired) electrons. The van der Waals surface area contributed by atoms with Crippen LogP contribution in [0.3, 0.4) is 0 Å². The number of sulfonamides is 1. The van der Waals surface area contributed by atoms with Gasteiger partial charge in [-0.1, -0.05) is 24.9 Å². The normalized spacial score (nSPS) is 11.6. The Morgan fingerprint density at radius 2 is 1.86 bits per heavy atom. The van der Waals surface area contributed by atoms with Gasteiger partial charge in [0.1, 0.15) is 0 Å². The van der Waals surface area contributed by atoms with Gasteiger partial charge in [0, 0.05) is 30.2 Å². The van der Waals surface area contributed by atoms with Crippen LogP contribution in [0.2, 0.25) is 5.02 Å². The molecular formula is C14H21ClN2O3S. The topological polar surface area (TPSA) is 66.5 Å². The minimum absolute atomic E-state index is 0.240. The van der Waals surface area contributed by atoms with Crippen LogP contribution in [0.4, 0.5) is 0 Å². The molecule has 1 N–H and O–H groups in total. The van der Waals surface area contributed by atoms with Gasteiger partial charge in [-0.05, 0) is 30.7 Å². The van der Waals surface area contributed by atoms with E-state index in [-0.39, 0.29) is 19.0 Å². The first-order valence-electron chi connectivity index (χ1n) is 6.83. The number of carbonyl (C=O) groups excluding carboxylic acids is 1. The highest BCUT2D eigenvalue weighted by atomic mass is 35.5. The van der Waals surface area contributed by atoms with Crippen molar-refractivity contribution in [2.75, 3.05) is 25.9 Å². The fraction of sp³-hybridized carbons (Fsp3) is 0.500. The van der Waals surface area contributed by atoms with Crippen LogP contribution in [-0.2, 0) is 10.0 Å². The van der Waals surface area contributed by atoms with E-state index in [1.807, 2.05) is 6.92 Å². The molecule has 118 valence electrons. The van der Waals surface area contributed by atoms with Crippen molar-refractivity contribution in [3.63, 3.8) is 0 Å². The Morgan fingerprint density at radius 3 is 2.38 bits per heavy atom. The fourth-order valence-electron chi connectivity index (χ4n) is 1.78. The number of hydrogen-bond donors (Lipinski definition) is 1. The van der Waals surface area contributed by atoms with Crippen molar-refractivity contribution >= 4 is 27.5 Å². The van der Waals surface area contributed by atoms with Crippen LogP contribution in [0.25, 0.3) is 0 Å². The summed E-state index contributed by atoms with van der Waals surface area (Å²) in [5.74, 6) is -0.240. The summed E-state index contributed by atoms with van der Waals surface area (Å²) >= 11 is 5.76. The average molecular weight is 333 g/mol. The Kier molecular flexibility index (Phi) is 7.14. The van der Waals surface area contributed by atoms with Crippen molar-refractivity contribution in [1.29, 1.82) is 0 Å². The minimum Gasteiger partial charge on any atom is -0.351 e. The first-order valence-corrected chi connectivity index (χ1v) is 9.06. The average Bonchev–Trinajstić information content (AvgIpc) is 2.41. The number of nitrogens with zero attached hydrogens (tertiary/aromatic N) is 1. The van der Waals surface area contributed by atoms with Crippen LogP contribution in [-0.4, -0.2) is 44.5 Å². The second-order valence-electron chi connectivity index (χ2n) is 4.78. The van der Waals surface area contributed by atoms with Gasteiger partial charge < -0.3 is 5.32 Å². The summed E-state index contributed by atoms with van der Waals surface area (Å²) in [6, 6.07) is 6.53. The Labute approximate surface area is 131 Å². The number of halogens is 1. The molecule has 0 unspecified atom stereocenters. The molecule has 1 aromatic rings. The molecular weight excluding hydrogens is 312 g/mol. The number of benzene rings is 1. The predicted molar refractivity (Wildman–Crippen MR) is 85.1 cm³/mol. The maximum atomic E-state index is 11.9. The molecule has 0 atom stereocenters. The number of rotatable bonds is 8. The summed E-state index contributed by atoms with van der Waals surface area (Å²) in [7, 11) is -3.24.